The van der Waals surface area contributed by atoms with E-state index >= 15 is 0 Å². The molecule has 0 amide bonds. The number of benzene rings is 1. The minimum atomic E-state index is -0.699. The zero-order valence-corrected chi connectivity index (χ0v) is 11.5. The highest BCUT2D eigenvalue weighted by Crippen LogP contribution is 2.47. The van der Waals surface area contributed by atoms with Crippen LogP contribution in [-0.4, -0.2) is 11.6 Å². The first kappa shape index (κ1) is 12.7. The Balaban J connectivity index is 1.80. The van der Waals surface area contributed by atoms with Crippen molar-refractivity contribution in [3.63, 3.8) is 0 Å². The van der Waals surface area contributed by atoms with Crippen LogP contribution in [0.2, 0.25) is 0 Å². The Kier molecular flexibility index (Phi) is 3.31. The predicted octanol–water partition coefficient (Wildman–Crippen LogP) is 3.76. The van der Waals surface area contributed by atoms with E-state index in [1.165, 1.54) is 11.8 Å². The first-order valence-electron chi connectivity index (χ1n) is 6.73. The molecule has 0 aromatic heterocycles. The second-order valence-electron chi connectivity index (χ2n) is 5.23. The van der Waals surface area contributed by atoms with E-state index in [0.29, 0.717) is 12.8 Å². The van der Waals surface area contributed by atoms with Crippen LogP contribution >= 0.6 is 11.8 Å². The summed E-state index contributed by atoms with van der Waals surface area (Å²) in [6, 6.07) is 9.87. The summed E-state index contributed by atoms with van der Waals surface area (Å²) in [6.07, 6.45) is 5.82. The molecule has 2 aliphatic rings. The maximum atomic E-state index is 12.6. The first-order valence-corrected chi connectivity index (χ1v) is 7.55. The van der Waals surface area contributed by atoms with Gasteiger partial charge < -0.3 is 0 Å². The molecule has 1 aromatic rings. The zero-order valence-electron chi connectivity index (χ0n) is 10.7. The monoisotopic (exact) mass is 272 g/mol. The van der Waals surface area contributed by atoms with Gasteiger partial charge >= 0.3 is 0 Å². The molecule has 0 aliphatic heterocycles. The summed E-state index contributed by atoms with van der Waals surface area (Å²) < 4.78 is 0. The average molecular weight is 272 g/mol. The summed E-state index contributed by atoms with van der Waals surface area (Å²) in [4.78, 5) is 26.6. The smallest absolute Gasteiger partial charge is 0.183 e. The Morgan fingerprint density at radius 3 is 2.58 bits per heavy atom. The van der Waals surface area contributed by atoms with Crippen molar-refractivity contribution >= 4 is 23.3 Å². The van der Waals surface area contributed by atoms with E-state index in [0.717, 1.165) is 29.1 Å². The van der Waals surface area contributed by atoms with Crippen LogP contribution in [-0.2, 0) is 9.59 Å². The van der Waals surface area contributed by atoms with E-state index in [-0.39, 0.29) is 11.6 Å². The van der Waals surface area contributed by atoms with Gasteiger partial charge in [0.25, 0.3) is 0 Å². The molecule has 0 radical (unpaired) electrons. The summed E-state index contributed by atoms with van der Waals surface area (Å²) in [5, 5.41) is 0. The molecule has 2 nitrogen and oxygen atoms in total. The van der Waals surface area contributed by atoms with E-state index in [9.17, 15) is 9.59 Å². The molecule has 19 heavy (non-hydrogen) atoms. The Morgan fingerprint density at radius 1 is 1.05 bits per heavy atom. The Labute approximate surface area is 117 Å². The number of rotatable bonds is 2. The molecule has 2 aliphatic carbocycles. The van der Waals surface area contributed by atoms with Crippen molar-refractivity contribution in [1.82, 2.24) is 0 Å². The Morgan fingerprint density at radius 2 is 1.84 bits per heavy atom. The Hall–Kier alpha value is -1.35. The summed E-state index contributed by atoms with van der Waals surface area (Å²) in [5.41, 5.74) is -0.699. The van der Waals surface area contributed by atoms with Crippen molar-refractivity contribution in [2.75, 3.05) is 0 Å². The molecule has 1 spiro atoms. The van der Waals surface area contributed by atoms with Gasteiger partial charge in [-0.05, 0) is 31.4 Å². The third-order valence-electron chi connectivity index (χ3n) is 4.06. The highest BCUT2D eigenvalue weighted by atomic mass is 32.2. The van der Waals surface area contributed by atoms with Gasteiger partial charge in [-0.15, -0.1) is 0 Å². The van der Waals surface area contributed by atoms with Gasteiger partial charge in [-0.1, -0.05) is 42.5 Å². The lowest BCUT2D eigenvalue weighted by molar-refractivity contribution is -0.139. The van der Waals surface area contributed by atoms with Crippen molar-refractivity contribution < 1.29 is 9.59 Å². The SMILES string of the molecule is O=C1CCCCC12CC=C(Sc1ccccc1)C2=O. The fraction of sp³-hybridized carbons (Fsp3) is 0.375. The number of thioether (sulfide) groups is 1. The number of hydrogen-bond donors (Lipinski definition) is 0. The van der Waals surface area contributed by atoms with Crippen LogP contribution in [0, 0.1) is 5.41 Å². The van der Waals surface area contributed by atoms with Crippen LogP contribution < -0.4 is 0 Å². The zero-order chi connectivity index (χ0) is 13.3. The molecule has 98 valence electrons. The molecule has 0 N–H and O–H groups in total. The number of allylic oxidation sites excluding steroid dienone is 2. The van der Waals surface area contributed by atoms with Gasteiger partial charge in [-0.3, -0.25) is 9.59 Å². The summed E-state index contributed by atoms with van der Waals surface area (Å²) >= 11 is 1.49. The molecule has 1 atom stereocenters. The van der Waals surface area contributed by atoms with Crippen molar-refractivity contribution in [3.05, 3.63) is 41.3 Å². The van der Waals surface area contributed by atoms with E-state index in [1.807, 2.05) is 36.4 Å². The van der Waals surface area contributed by atoms with E-state index in [1.54, 1.807) is 0 Å². The fourth-order valence-electron chi connectivity index (χ4n) is 2.94. The summed E-state index contributed by atoms with van der Waals surface area (Å²) in [6.45, 7) is 0. The highest BCUT2D eigenvalue weighted by molar-refractivity contribution is 8.04. The lowest BCUT2D eigenvalue weighted by atomic mass is 9.71. The second-order valence-corrected chi connectivity index (χ2v) is 6.34. The average Bonchev–Trinajstić information content (AvgIpc) is 2.74. The van der Waals surface area contributed by atoms with Gasteiger partial charge in [0.05, 0.1) is 10.3 Å². The Bertz CT molecular complexity index is 547. The van der Waals surface area contributed by atoms with Crippen LogP contribution in [0.25, 0.3) is 0 Å². The number of Topliss-reactive ketones (excluding diaryl/α,β-unsaturated/α-hetero) is 2. The summed E-state index contributed by atoms with van der Waals surface area (Å²) in [7, 11) is 0. The third-order valence-corrected chi connectivity index (χ3v) is 5.14. The minimum absolute atomic E-state index is 0.0612. The van der Waals surface area contributed by atoms with Gasteiger partial charge in [0.2, 0.25) is 0 Å². The fourth-order valence-corrected chi connectivity index (χ4v) is 3.94. The maximum absolute atomic E-state index is 12.6. The molecule has 1 fully saturated rings. The normalized spacial score (nSPS) is 26.8. The van der Waals surface area contributed by atoms with E-state index in [2.05, 4.69) is 0 Å². The van der Waals surface area contributed by atoms with Crippen molar-refractivity contribution in [2.24, 2.45) is 5.41 Å². The first-order chi connectivity index (χ1) is 9.22. The predicted molar refractivity (Wildman–Crippen MR) is 75.9 cm³/mol. The van der Waals surface area contributed by atoms with Crippen LogP contribution in [0.4, 0.5) is 0 Å². The third kappa shape index (κ3) is 2.16. The molecule has 1 aromatic carbocycles. The second kappa shape index (κ2) is 4.97. The maximum Gasteiger partial charge on any atom is 0.183 e. The number of hydrogen-bond acceptors (Lipinski definition) is 3. The molecule has 1 unspecified atom stereocenters. The van der Waals surface area contributed by atoms with E-state index in [4.69, 9.17) is 0 Å². The largest absolute Gasteiger partial charge is 0.299 e. The molecule has 0 bridgehead atoms. The van der Waals surface area contributed by atoms with Crippen LogP contribution in [0.3, 0.4) is 0 Å². The van der Waals surface area contributed by atoms with Crippen LogP contribution in [0.1, 0.15) is 32.1 Å². The summed E-state index contributed by atoms with van der Waals surface area (Å²) in [5.74, 6) is 0.217. The van der Waals surface area contributed by atoms with Crippen LogP contribution in [0.15, 0.2) is 46.2 Å². The van der Waals surface area contributed by atoms with Gasteiger partial charge in [0, 0.05) is 11.3 Å². The van der Waals surface area contributed by atoms with Crippen molar-refractivity contribution in [3.8, 4) is 0 Å². The minimum Gasteiger partial charge on any atom is -0.299 e. The molecular weight excluding hydrogens is 256 g/mol. The molecule has 1 saturated carbocycles. The standard InChI is InChI=1S/C16H16O2S/c17-14-8-4-5-10-16(14)11-9-13(15(16)18)19-12-6-2-1-3-7-12/h1-3,6-7,9H,4-5,8,10-11H2. The van der Waals surface area contributed by atoms with Gasteiger partial charge in [-0.25, -0.2) is 0 Å². The molecule has 0 saturated heterocycles. The number of carbonyl (C=O) groups is 2. The lowest BCUT2D eigenvalue weighted by Crippen LogP contribution is -2.38. The van der Waals surface area contributed by atoms with Gasteiger partial charge in [0.1, 0.15) is 5.78 Å². The molecule has 0 heterocycles. The lowest BCUT2D eigenvalue weighted by Gasteiger charge is -2.30. The van der Waals surface area contributed by atoms with Gasteiger partial charge in [-0.2, -0.15) is 0 Å². The van der Waals surface area contributed by atoms with E-state index < -0.39 is 5.41 Å². The van der Waals surface area contributed by atoms with Crippen LogP contribution in [0.5, 0.6) is 0 Å². The topological polar surface area (TPSA) is 34.1 Å². The molecule has 3 heteroatoms. The highest BCUT2D eigenvalue weighted by Gasteiger charge is 2.49. The number of carbonyl (C=O) groups excluding carboxylic acids is 2. The van der Waals surface area contributed by atoms with Crippen molar-refractivity contribution in [2.45, 2.75) is 37.0 Å². The molecular formula is C16H16O2S. The molecule has 3 rings (SSSR count). The van der Waals surface area contributed by atoms with Gasteiger partial charge in [0.15, 0.2) is 5.78 Å². The number of ketones is 2. The quantitative estimate of drug-likeness (QED) is 0.769. The van der Waals surface area contributed by atoms with Crippen molar-refractivity contribution in [1.29, 1.82) is 0 Å².